The minimum absolute atomic E-state index is 0.304. The fourth-order valence-corrected chi connectivity index (χ4v) is 2.74. The highest BCUT2D eigenvalue weighted by atomic mass is 16.6. The summed E-state index contributed by atoms with van der Waals surface area (Å²) in [5.74, 6) is 5.39. The van der Waals surface area contributed by atoms with E-state index < -0.39 is 0 Å². The number of piperazine rings is 1. The molecule has 1 saturated heterocycles. The quantitative estimate of drug-likeness (QED) is 0.122. The molecule has 182 valence electrons. The molecular formula is C21H43N5O5. The van der Waals surface area contributed by atoms with Crippen LogP contribution in [0.15, 0.2) is 10.1 Å². The van der Waals surface area contributed by atoms with E-state index >= 15 is 0 Å². The van der Waals surface area contributed by atoms with Crippen molar-refractivity contribution in [3.8, 4) is 0 Å². The fourth-order valence-electron chi connectivity index (χ4n) is 2.74. The summed E-state index contributed by atoms with van der Waals surface area (Å²) in [5.41, 5.74) is 0.591. The molecule has 0 amide bonds. The maximum atomic E-state index is 5.65. The number of nitrogens with zero attached hydrogens (tertiary/aromatic N) is 4. The van der Waals surface area contributed by atoms with Crippen LogP contribution in [0.3, 0.4) is 0 Å². The summed E-state index contributed by atoms with van der Waals surface area (Å²) in [6, 6.07) is 0. The van der Waals surface area contributed by atoms with E-state index in [1.807, 2.05) is 0 Å². The molecule has 2 N–H and O–H groups in total. The second kappa shape index (κ2) is 20.7. The van der Waals surface area contributed by atoms with Crippen LogP contribution in [-0.4, -0.2) is 134 Å². The summed E-state index contributed by atoms with van der Waals surface area (Å²) in [6.07, 6.45) is 2.66. The lowest BCUT2D eigenvalue weighted by molar-refractivity contribution is 0.00187. The molecule has 0 radical (unpaired) electrons. The highest BCUT2D eigenvalue weighted by Gasteiger charge is 2.12. The Morgan fingerprint density at radius 2 is 1.39 bits per heavy atom. The van der Waals surface area contributed by atoms with Gasteiger partial charge < -0.3 is 34.4 Å². The zero-order valence-corrected chi connectivity index (χ0v) is 19.5. The van der Waals surface area contributed by atoms with Gasteiger partial charge >= 0.3 is 0 Å². The molecule has 0 spiro atoms. The molecule has 10 heteroatoms. The molecule has 0 atom stereocenters. The number of nitrogens with two attached hydrogens (primary N) is 1. The molecule has 1 rings (SSSR count). The van der Waals surface area contributed by atoms with E-state index in [1.165, 1.54) is 0 Å². The van der Waals surface area contributed by atoms with E-state index in [4.69, 9.17) is 29.5 Å². The number of ether oxygens (including phenoxy) is 5. The van der Waals surface area contributed by atoms with Gasteiger partial charge in [-0.2, -0.15) is 5.10 Å². The molecule has 0 aliphatic carbocycles. The number of aliphatic imine (C=N–C) groups is 1. The van der Waals surface area contributed by atoms with Gasteiger partial charge in [0.2, 0.25) is 0 Å². The first kappa shape index (κ1) is 27.9. The Hall–Kier alpha value is -1.14. The first-order chi connectivity index (χ1) is 15.3. The maximum absolute atomic E-state index is 5.65. The van der Waals surface area contributed by atoms with Gasteiger partial charge in [0.15, 0.2) is 0 Å². The zero-order chi connectivity index (χ0) is 22.4. The summed E-state index contributed by atoms with van der Waals surface area (Å²) in [4.78, 5) is 9.07. The predicted octanol–water partition coefficient (Wildman–Crippen LogP) is 0.112. The molecular weight excluding hydrogens is 402 g/mol. The molecule has 0 bridgehead atoms. The normalized spacial score (nSPS) is 16.5. The molecule has 0 aromatic rings. The van der Waals surface area contributed by atoms with E-state index in [9.17, 15) is 0 Å². The Balaban J connectivity index is 1.87. The van der Waals surface area contributed by atoms with Gasteiger partial charge in [-0.25, -0.2) is 0 Å². The van der Waals surface area contributed by atoms with E-state index in [2.05, 4.69) is 33.9 Å². The van der Waals surface area contributed by atoms with Gasteiger partial charge in [0.1, 0.15) is 5.71 Å². The Labute approximate surface area is 187 Å². The summed E-state index contributed by atoms with van der Waals surface area (Å²) in [7, 11) is 2.16. The molecule has 1 aliphatic heterocycles. The molecule has 0 unspecified atom stereocenters. The maximum Gasteiger partial charge on any atom is 0.103 e. The molecule has 0 aromatic carbocycles. The molecule has 0 saturated carbocycles. The summed E-state index contributed by atoms with van der Waals surface area (Å²) in [6.45, 7) is 13.8. The van der Waals surface area contributed by atoms with Crippen LogP contribution in [0.2, 0.25) is 0 Å². The lowest BCUT2D eigenvalue weighted by Gasteiger charge is -2.32. The second-order valence-corrected chi connectivity index (χ2v) is 7.30. The number of hydrogen-bond donors (Lipinski definition) is 1. The van der Waals surface area contributed by atoms with Crippen molar-refractivity contribution in [1.82, 2.24) is 9.80 Å². The topological polar surface area (TPSA) is 103 Å². The van der Waals surface area contributed by atoms with Gasteiger partial charge in [-0.15, -0.1) is 0 Å². The van der Waals surface area contributed by atoms with Crippen LogP contribution < -0.4 is 5.84 Å². The third kappa shape index (κ3) is 17.1. The average Bonchev–Trinajstić information content (AvgIpc) is 2.79. The lowest BCUT2D eigenvalue weighted by atomic mass is 10.3. The van der Waals surface area contributed by atoms with Gasteiger partial charge in [-0.3, -0.25) is 9.89 Å². The number of likely N-dealkylation sites (N-methyl/N-ethyl adjacent to an activating group) is 1. The first-order valence-electron chi connectivity index (χ1n) is 11.3. The molecule has 10 nitrogen and oxygen atoms in total. The van der Waals surface area contributed by atoms with E-state index in [0.29, 0.717) is 65.1 Å². The van der Waals surface area contributed by atoms with Crippen molar-refractivity contribution in [3.63, 3.8) is 0 Å². The molecule has 1 aliphatic rings. The SMILES string of the molecule is CCCOCCOCCOCCOC/C(C=NCCOCCN1CCN(C)CC1)=N/N. The third-order valence-electron chi connectivity index (χ3n) is 4.63. The molecule has 1 fully saturated rings. The molecule has 31 heavy (non-hydrogen) atoms. The van der Waals surface area contributed by atoms with Gasteiger partial charge in [0, 0.05) is 45.5 Å². The van der Waals surface area contributed by atoms with Crippen LogP contribution in [0.4, 0.5) is 0 Å². The van der Waals surface area contributed by atoms with Gasteiger partial charge in [0.25, 0.3) is 0 Å². The predicted molar refractivity (Wildman–Crippen MR) is 123 cm³/mol. The fraction of sp³-hybridized carbons (Fsp3) is 0.905. The Bertz CT molecular complexity index is 459. The summed E-state index contributed by atoms with van der Waals surface area (Å²) < 4.78 is 27.3. The van der Waals surface area contributed by atoms with Crippen molar-refractivity contribution < 1.29 is 23.7 Å². The van der Waals surface area contributed by atoms with Gasteiger partial charge in [0.05, 0.1) is 66.0 Å². The number of rotatable bonds is 20. The van der Waals surface area contributed by atoms with Crippen LogP contribution in [-0.2, 0) is 23.7 Å². The highest BCUT2D eigenvalue weighted by molar-refractivity contribution is 6.31. The minimum atomic E-state index is 0.304. The van der Waals surface area contributed by atoms with E-state index in [1.54, 1.807) is 6.21 Å². The summed E-state index contributed by atoms with van der Waals surface area (Å²) in [5, 5.41) is 3.70. The molecule has 0 aromatic heterocycles. The third-order valence-corrected chi connectivity index (χ3v) is 4.63. The van der Waals surface area contributed by atoms with E-state index in [-0.39, 0.29) is 0 Å². The van der Waals surface area contributed by atoms with Crippen LogP contribution in [0.5, 0.6) is 0 Å². The van der Waals surface area contributed by atoms with Crippen LogP contribution in [0.25, 0.3) is 0 Å². The molecule has 1 heterocycles. The monoisotopic (exact) mass is 445 g/mol. The first-order valence-corrected chi connectivity index (χ1v) is 11.3. The second-order valence-electron chi connectivity index (χ2n) is 7.30. The summed E-state index contributed by atoms with van der Waals surface area (Å²) >= 11 is 0. The van der Waals surface area contributed by atoms with Crippen LogP contribution in [0.1, 0.15) is 13.3 Å². The Morgan fingerprint density at radius 1 is 0.806 bits per heavy atom. The van der Waals surface area contributed by atoms with Crippen molar-refractivity contribution in [2.24, 2.45) is 15.9 Å². The minimum Gasteiger partial charge on any atom is -0.379 e. The van der Waals surface area contributed by atoms with Gasteiger partial charge in [-0.1, -0.05) is 6.92 Å². The van der Waals surface area contributed by atoms with Crippen molar-refractivity contribution in [3.05, 3.63) is 0 Å². The number of hydrazone groups is 1. The van der Waals surface area contributed by atoms with Crippen molar-refractivity contribution >= 4 is 11.9 Å². The van der Waals surface area contributed by atoms with E-state index in [0.717, 1.165) is 52.4 Å². The Kier molecular flexibility index (Phi) is 18.7. The average molecular weight is 446 g/mol. The smallest absolute Gasteiger partial charge is 0.103 e. The van der Waals surface area contributed by atoms with Crippen molar-refractivity contribution in [2.75, 3.05) is 112 Å². The standard InChI is InChI=1S/C21H43N5O5/c1-3-10-27-13-14-29-15-16-30-17-18-31-20-21(24-22)19-23-4-11-28-12-9-26-7-5-25(2)6-8-26/h19H,3-18,20,22H2,1-2H3/b23-19?,24-21+. The van der Waals surface area contributed by atoms with Crippen molar-refractivity contribution in [1.29, 1.82) is 0 Å². The van der Waals surface area contributed by atoms with Crippen molar-refractivity contribution in [2.45, 2.75) is 13.3 Å². The zero-order valence-electron chi connectivity index (χ0n) is 19.5. The highest BCUT2D eigenvalue weighted by Crippen LogP contribution is 1.98. The van der Waals surface area contributed by atoms with Crippen LogP contribution >= 0.6 is 0 Å². The largest absolute Gasteiger partial charge is 0.379 e. The van der Waals surface area contributed by atoms with Crippen LogP contribution in [0, 0.1) is 0 Å². The lowest BCUT2D eigenvalue weighted by Crippen LogP contribution is -2.45. The Morgan fingerprint density at radius 3 is 2.00 bits per heavy atom. The van der Waals surface area contributed by atoms with Gasteiger partial charge in [-0.05, 0) is 13.5 Å². The number of hydrogen-bond acceptors (Lipinski definition) is 10.